The van der Waals surface area contributed by atoms with Crippen molar-refractivity contribution in [2.45, 2.75) is 13.0 Å². The molecule has 7 heteroatoms. The molecule has 31 heavy (non-hydrogen) atoms. The highest BCUT2D eigenvalue weighted by Crippen LogP contribution is 2.23. The highest BCUT2D eigenvalue weighted by Gasteiger charge is 2.08. The summed E-state index contributed by atoms with van der Waals surface area (Å²) in [6.45, 7) is 0.594. The van der Waals surface area contributed by atoms with Gasteiger partial charge in [0, 0.05) is 46.7 Å². The molecule has 4 N–H and O–H groups in total. The topological polar surface area (TPSA) is 102 Å². The highest BCUT2D eigenvalue weighted by atomic mass is 16.2. The van der Waals surface area contributed by atoms with Crippen LogP contribution in [0.4, 0.5) is 5.69 Å². The van der Waals surface area contributed by atoms with Crippen molar-refractivity contribution in [1.29, 1.82) is 0 Å². The van der Waals surface area contributed by atoms with Crippen LogP contribution in [0.1, 0.15) is 12.0 Å². The number of amides is 2. The average Bonchev–Trinajstić information content (AvgIpc) is 3.14. The van der Waals surface area contributed by atoms with Crippen molar-refractivity contribution in [3.8, 4) is 0 Å². The first-order valence-electron chi connectivity index (χ1n) is 10.0. The Hall–Kier alpha value is -4.13. The maximum absolute atomic E-state index is 12.2. The number of hydrogen-bond acceptors (Lipinski definition) is 4. The first kappa shape index (κ1) is 20.2. The fraction of sp³-hybridized carbons (Fsp3) is 0.125. The Balaban J connectivity index is 1.41. The SMILES string of the molecule is NC(=O)CCn1cc(/C=N\NC(=O)CNc2cccc3ccccc23)c2ccccc21. The van der Waals surface area contributed by atoms with E-state index in [2.05, 4.69) is 15.8 Å². The maximum atomic E-state index is 12.2. The van der Waals surface area contributed by atoms with E-state index in [0.717, 1.165) is 32.9 Å². The molecule has 0 spiro atoms. The minimum atomic E-state index is -0.348. The van der Waals surface area contributed by atoms with Crippen molar-refractivity contribution in [3.63, 3.8) is 0 Å². The molecule has 1 heterocycles. The summed E-state index contributed by atoms with van der Waals surface area (Å²) in [7, 11) is 0. The summed E-state index contributed by atoms with van der Waals surface area (Å²) >= 11 is 0. The van der Waals surface area contributed by atoms with E-state index in [1.54, 1.807) is 6.21 Å². The number of nitrogens with two attached hydrogens (primary N) is 1. The maximum Gasteiger partial charge on any atom is 0.259 e. The van der Waals surface area contributed by atoms with Gasteiger partial charge in [-0.3, -0.25) is 9.59 Å². The molecular weight excluding hydrogens is 390 g/mol. The Morgan fingerprint density at radius 1 is 0.968 bits per heavy atom. The number of carbonyl (C=O) groups excluding carboxylic acids is 2. The summed E-state index contributed by atoms with van der Waals surface area (Å²) in [5, 5.41) is 10.4. The van der Waals surface area contributed by atoms with E-state index in [1.807, 2.05) is 77.5 Å². The predicted octanol–water partition coefficient (Wildman–Crippen LogP) is 3.23. The molecule has 156 valence electrons. The zero-order valence-electron chi connectivity index (χ0n) is 16.9. The van der Waals surface area contributed by atoms with E-state index < -0.39 is 0 Å². The van der Waals surface area contributed by atoms with Crippen molar-refractivity contribution in [2.24, 2.45) is 10.8 Å². The van der Waals surface area contributed by atoms with Gasteiger partial charge in [0.25, 0.3) is 5.91 Å². The van der Waals surface area contributed by atoms with Gasteiger partial charge in [-0.05, 0) is 17.5 Å². The molecule has 0 unspecified atom stereocenters. The van der Waals surface area contributed by atoms with Crippen LogP contribution >= 0.6 is 0 Å². The average molecular weight is 413 g/mol. The number of primary amides is 1. The molecule has 3 aromatic carbocycles. The van der Waals surface area contributed by atoms with Gasteiger partial charge in [0.2, 0.25) is 5.91 Å². The van der Waals surface area contributed by atoms with Crippen LogP contribution in [-0.4, -0.2) is 29.1 Å². The van der Waals surface area contributed by atoms with E-state index in [4.69, 9.17) is 5.73 Å². The zero-order valence-corrected chi connectivity index (χ0v) is 16.9. The Morgan fingerprint density at radius 3 is 2.55 bits per heavy atom. The van der Waals surface area contributed by atoms with Gasteiger partial charge in [0.15, 0.2) is 0 Å². The molecule has 0 fully saturated rings. The van der Waals surface area contributed by atoms with Gasteiger partial charge < -0.3 is 15.6 Å². The second-order valence-electron chi connectivity index (χ2n) is 7.18. The van der Waals surface area contributed by atoms with Crippen LogP contribution in [0.25, 0.3) is 21.7 Å². The number of anilines is 1. The molecule has 7 nitrogen and oxygen atoms in total. The van der Waals surface area contributed by atoms with Crippen molar-refractivity contribution < 1.29 is 9.59 Å². The number of nitrogens with one attached hydrogen (secondary N) is 2. The van der Waals surface area contributed by atoms with Crippen molar-refractivity contribution >= 4 is 45.4 Å². The van der Waals surface area contributed by atoms with Crippen LogP contribution < -0.4 is 16.5 Å². The first-order valence-corrected chi connectivity index (χ1v) is 10.0. The van der Waals surface area contributed by atoms with E-state index in [-0.39, 0.29) is 24.8 Å². The molecule has 4 aromatic rings. The highest BCUT2D eigenvalue weighted by molar-refractivity contribution is 6.00. The van der Waals surface area contributed by atoms with Gasteiger partial charge in [0.05, 0.1) is 12.8 Å². The molecule has 0 aliphatic heterocycles. The molecule has 4 rings (SSSR count). The van der Waals surface area contributed by atoms with Crippen molar-refractivity contribution in [3.05, 3.63) is 78.5 Å². The van der Waals surface area contributed by atoms with Crippen LogP contribution in [0.15, 0.2) is 78.0 Å². The lowest BCUT2D eigenvalue weighted by Gasteiger charge is -2.08. The van der Waals surface area contributed by atoms with Crippen LogP contribution in [0.3, 0.4) is 0 Å². The van der Waals surface area contributed by atoms with Crippen LogP contribution in [0, 0.1) is 0 Å². The monoisotopic (exact) mass is 413 g/mol. The summed E-state index contributed by atoms with van der Waals surface area (Å²) in [5.74, 6) is -0.597. The van der Waals surface area contributed by atoms with Gasteiger partial charge in [-0.25, -0.2) is 5.43 Å². The number of aromatic nitrogens is 1. The van der Waals surface area contributed by atoms with Crippen molar-refractivity contribution in [2.75, 3.05) is 11.9 Å². The number of fused-ring (bicyclic) bond motifs is 2. The Labute approximate surface area is 179 Å². The first-order chi connectivity index (χ1) is 15.1. The number of para-hydroxylation sites is 1. The van der Waals surface area contributed by atoms with E-state index in [9.17, 15) is 9.59 Å². The molecule has 0 saturated carbocycles. The molecule has 0 saturated heterocycles. The van der Waals surface area contributed by atoms with Crippen LogP contribution in [0.2, 0.25) is 0 Å². The number of hydrazone groups is 1. The number of aryl methyl sites for hydroxylation is 1. The van der Waals surface area contributed by atoms with Gasteiger partial charge in [0.1, 0.15) is 0 Å². The van der Waals surface area contributed by atoms with E-state index in [1.165, 1.54) is 0 Å². The largest absolute Gasteiger partial charge is 0.376 e. The minimum Gasteiger partial charge on any atom is -0.376 e. The van der Waals surface area contributed by atoms with Gasteiger partial charge in [-0.1, -0.05) is 54.6 Å². The number of benzene rings is 3. The summed E-state index contributed by atoms with van der Waals surface area (Å²) in [6, 6.07) is 21.7. The number of hydrogen-bond donors (Lipinski definition) is 3. The van der Waals surface area contributed by atoms with Gasteiger partial charge in [-0.15, -0.1) is 0 Å². The summed E-state index contributed by atoms with van der Waals surface area (Å²) in [5.41, 5.74) is 10.6. The summed E-state index contributed by atoms with van der Waals surface area (Å²) in [4.78, 5) is 23.4. The standard InChI is InChI=1S/C24H23N5O2/c25-23(30)12-13-29-16-18(20-9-3-4-11-22(20)29)14-27-28-24(31)15-26-21-10-5-7-17-6-1-2-8-19(17)21/h1-11,14,16,26H,12-13,15H2,(H2,25,30)(H,28,31)/b27-14-. The third-order valence-corrected chi connectivity index (χ3v) is 5.04. The Morgan fingerprint density at radius 2 is 1.71 bits per heavy atom. The fourth-order valence-electron chi connectivity index (χ4n) is 3.56. The lowest BCUT2D eigenvalue weighted by Crippen LogP contribution is -2.25. The van der Waals surface area contributed by atoms with Crippen LogP contribution in [0.5, 0.6) is 0 Å². The van der Waals surface area contributed by atoms with Crippen molar-refractivity contribution in [1.82, 2.24) is 9.99 Å². The lowest BCUT2D eigenvalue weighted by atomic mass is 10.1. The summed E-state index contributed by atoms with van der Waals surface area (Å²) < 4.78 is 1.96. The van der Waals surface area contributed by atoms with E-state index >= 15 is 0 Å². The van der Waals surface area contributed by atoms with E-state index in [0.29, 0.717) is 6.54 Å². The smallest absolute Gasteiger partial charge is 0.259 e. The van der Waals surface area contributed by atoms with Gasteiger partial charge >= 0.3 is 0 Å². The molecule has 0 aliphatic rings. The Bertz CT molecular complexity index is 1270. The van der Waals surface area contributed by atoms with Gasteiger partial charge in [-0.2, -0.15) is 5.10 Å². The molecule has 2 amide bonds. The minimum absolute atomic E-state index is 0.103. The number of carbonyl (C=O) groups is 2. The second-order valence-corrected chi connectivity index (χ2v) is 7.18. The quantitative estimate of drug-likeness (QED) is 0.305. The third-order valence-electron chi connectivity index (χ3n) is 5.04. The lowest BCUT2D eigenvalue weighted by molar-refractivity contribution is -0.119. The molecule has 1 aromatic heterocycles. The number of nitrogens with zero attached hydrogens (tertiary/aromatic N) is 2. The normalized spacial score (nSPS) is 11.2. The molecular formula is C24H23N5O2. The van der Waals surface area contributed by atoms with Crippen LogP contribution in [-0.2, 0) is 16.1 Å². The third kappa shape index (κ3) is 4.72. The second kappa shape index (κ2) is 9.13. The molecule has 0 aliphatic carbocycles. The fourth-order valence-corrected chi connectivity index (χ4v) is 3.56. The Kier molecular flexibility index (Phi) is 5.93. The molecule has 0 radical (unpaired) electrons. The summed E-state index contributed by atoms with van der Waals surface area (Å²) in [6.07, 6.45) is 3.77. The predicted molar refractivity (Wildman–Crippen MR) is 124 cm³/mol. The number of rotatable bonds is 8. The molecule has 0 atom stereocenters. The molecule has 0 bridgehead atoms. The zero-order chi connectivity index (χ0) is 21.6.